The molecule has 2 amide bonds. The number of furan rings is 1. The minimum absolute atomic E-state index is 0.0825. The summed E-state index contributed by atoms with van der Waals surface area (Å²) in [4.78, 5) is 34.0. The highest BCUT2D eigenvalue weighted by Gasteiger charge is 2.52. The summed E-state index contributed by atoms with van der Waals surface area (Å²) in [7, 11) is 0. The number of carbonyl (C=O) groups is 2. The Bertz CT molecular complexity index is 1530. The third-order valence-electron chi connectivity index (χ3n) is 7.42. The van der Waals surface area contributed by atoms with Crippen LogP contribution < -0.4 is 16.4 Å². The largest absolute Gasteiger partial charge is 0.451 e. The third kappa shape index (κ3) is 5.47. The van der Waals surface area contributed by atoms with Gasteiger partial charge in [-0.1, -0.05) is 18.2 Å². The number of carbonyl (C=O) groups excluding carboxylic acids is 2. The maximum absolute atomic E-state index is 14.5. The number of alkyl halides is 2. The zero-order valence-electron chi connectivity index (χ0n) is 21.3. The lowest BCUT2D eigenvalue weighted by Crippen LogP contribution is -2.63. The number of nitrogens with two attached hydrogens (primary N) is 1. The molecule has 2 aliphatic rings. The number of fused-ring (bicyclic) bond motifs is 1. The number of amides is 2. The second-order valence-electron chi connectivity index (χ2n) is 10.2. The molecule has 0 aliphatic heterocycles. The minimum atomic E-state index is -2.93. The smallest absolute Gasteiger partial charge is 0.287 e. The SMILES string of the molecule is N=CC1(NC(=O)C2(NC(=O)c3cc4ccc(-c5ccc(N=CN=CN)c(F)c5)cc4o3)CCC(F)(F)CC2)CC1. The van der Waals surface area contributed by atoms with E-state index in [4.69, 9.17) is 15.6 Å². The van der Waals surface area contributed by atoms with Gasteiger partial charge in [0.25, 0.3) is 5.91 Å². The van der Waals surface area contributed by atoms with Crippen molar-refractivity contribution in [3.8, 4) is 11.1 Å². The number of nitrogens with one attached hydrogen (secondary N) is 3. The third-order valence-corrected chi connectivity index (χ3v) is 7.42. The van der Waals surface area contributed by atoms with E-state index < -0.39 is 47.5 Å². The molecule has 9 nitrogen and oxygen atoms in total. The van der Waals surface area contributed by atoms with Crippen LogP contribution in [0.3, 0.4) is 0 Å². The fourth-order valence-corrected chi connectivity index (χ4v) is 4.76. The van der Waals surface area contributed by atoms with Gasteiger partial charge in [0.1, 0.15) is 29.0 Å². The van der Waals surface area contributed by atoms with Gasteiger partial charge in [-0.05, 0) is 61.1 Å². The molecule has 40 heavy (non-hydrogen) atoms. The molecule has 1 heterocycles. The molecule has 2 aromatic carbocycles. The highest BCUT2D eigenvalue weighted by atomic mass is 19.3. The molecule has 2 fully saturated rings. The van der Waals surface area contributed by atoms with Crippen LogP contribution in [0.15, 0.2) is 56.9 Å². The van der Waals surface area contributed by atoms with E-state index in [0.29, 0.717) is 34.9 Å². The molecular weight excluding hydrogens is 525 g/mol. The highest BCUT2D eigenvalue weighted by Crippen LogP contribution is 2.41. The lowest BCUT2D eigenvalue weighted by molar-refractivity contribution is -0.133. The first-order valence-corrected chi connectivity index (χ1v) is 12.7. The van der Waals surface area contributed by atoms with Gasteiger partial charge in [-0.25, -0.2) is 23.2 Å². The zero-order chi connectivity index (χ0) is 28.5. The van der Waals surface area contributed by atoms with E-state index in [2.05, 4.69) is 20.6 Å². The van der Waals surface area contributed by atoms with Gasteiger partial charge in [-0.3, -0.25) is 9.59 Å². The van der Waals surface area contributed by atoms with Crippen LogP contribution in [0.1, 0.15) is 49.1 Å². The maximum Gasteiger partial charge on any atom is 0.287 e. The summed E-state index contributed by atoms with van der Waals surface area (Å²) < 4.78 is 48.3. The van der Waals surface area contributed by atoms with Crippen molar-refractivity contribution >= 4 is 47.4 Å². The molecule has 1 aromatic heterocycles. The maximum atomic E-state index is 14.5. The molecule has 12 heteroatoms. The Balaban J connectivity index is 1.38. The Morgan fingerprint density at radius 2 is 1.68 bits per heavy atom. The quantitative estimate of drug-likeness (QED) is 0.233. The minimum Gasteiger partial charge on any atom is -0.451 e. The first-order valence-electron chi connectivity index (χ1n) is 12.7. The van der Waals surface area contributed by atoms with Crippen LogP contribution >= 0.6 is 0 Å². The zero-order valence-corrected chi connectivity index (χ0v) is 21.3. The number of halogens is 3. The number of rotatable bonds is 8. The van der Waals surface area contributed by atoms with Crippen LogP contribution in [-0.4, -0.2) is 47.7 Å². The number of hydrogen-bond donors (Lipinski definition) is 4. The summed E-state index contributed by atoms with van der Waals surface area (Å²) in [5.74, 6) is -4.89. The molecule has 0 spiro atoms. The van der Waals surface area contributed by atoms with E-state index in [0.717, 1.165) is 18.9 Å². The van der Waals surface area contributed by atoms with E-state index in [1.807, 2.05) is 0 Å². The van der Waals surface area contributed by atoms with Crippen LogP contribution in [0.4, 0.5) is 18.9 Å². The van der Waals surface area contributed by atoms with Gasteiger partial charge >= 0.3 is 0 Å². The molecule has 2 saturated carbocycles. The Morgan fingerprint density at radius 3 is 2.33 bits per heavy atom. The summed E-state index contributed by atoms with van der Waals surface area (Å²) in [6.07, 6.45) is 2.86. The van der Waals surface area contributed by atoms with Gasteiger partial charge in [0, 0.05) is 24.4 Å². The Labute approximate surface area is 227 Å². The molecule has 2 aliphatic carbocycles. The molecule has 5 rings (SSSR count). The monoisotopic (exact) mass is 552 g/mol. The van der Waals surface area contributed by atoms with Gasteiger partial charge in [-0.15, -0.1) is 0 Å². The second-order valence-corrected chi connectivity index (χ2v) is 10.2. The first kappa shape index (κ1) is 27.1. The van der Waals surface area contributed by atoms with Crippen molar-refractivity contribution in [3.63, 3.8) is 0 Å². The number of hydrogen-bond acceptors (Lipinski definition) is 5. The summed E-state index contributed by atoms with van der Waals surface area (Å²) in [5.41, 5.74) is 4.39. The van der Waals surface area contributed by atoms with Crippen LogP contribution in [0, 0.1) is 11.2 Å². The predicted octanol–water partition coefficient (Wildman–Crippen LogP) is 4.86. The summed E-state index contributed by atoms with van der Waals surface area (Å²) in [6, 6.07) is 11.0. The molecule has 0 atom stereocenters. The lowest BCUT2D eigenvalue weighted by atomic mass is 9.78. The average Bonchev–Trinajstić information content (AvgIpc) is 3.57. The first-order chi connectivity index (χ1) is 19.1. The van der Waals surface area contributed by atoms with Crippen molar-refractivity contribution < 1.29 is 27.2 Å². The molecule has 3 aromatic rings. The van der Waals surface area contributed by atoms with E-state index in [9.17, 15) is 22.8 Å². The second kappa shape index (κ2) is 10.2. The average molecular weight is 553 g/mol. The number of aliphatic imine (C=N–C) groups is 2. The van der Waals surface area contributed by atoms with E-state index in [1.165, 1.54) is 18.2 Å². The van der Waals surface area contributed by atoms with Gasteiger partial charge in [0.2, 0.25) is 11.8 Å². The molecule has 208 valence electrons. The van der Waals surface area contributed by atoms with Crippen LogP contribution in [0.2, 0.25) is 0 Å². The van der Waals surface area contributed by atoms with Crippen molar-refractivity contribution in [2.24, 2.45) is 15.7 Å². The van der Waals surface area contributed by atoms with Crippen molar-refractivity contribution in [2.75, 3.05) is 0 Å². The van der Waals surface area contributed by atoms with Crippen molar-refractivity contribution in [3.05, 3.63) is 54.0 Å². The van der Waals surface area contributed by atoms with Crippen molar-refractivity contribution in [1.29, 1.82) is 5.41 Å². The highest BCUT2D eigenvalue weighted by molar-refractivity contribution is 6.01. The number of benzene rings is 2. The Hall–Kier alpha value is -4.48. The summed E-state index contributed by atoms with van der Waals surface area (Å²) in [6.45, 7) is 0. The van der Waals surface area contributed by atoms with E-state index >= 15 is 0 Å². The van der Waals surface area contributed by atoms with E-state index in [1.54, 1.807) is 24.3 Å². The summed E-state index contributed by atoms with van der Waals surface area (Å²) >= 11 is 0. The Morgan fingerprint density at radius 1 is 0.975 bits per heavy atom. The van der Waals surface area contributed by atoms with Crippen LogP contribution in [0.5, 0.6) is 0 Å². The standard InChI is InChI=1S/C28H27F3N6O3/c29-20-11-17(3-4-21(20)35-16-34-15-33)18-1-2-19-13-23(40-22(19)12-18)24(38)36-27(7-9-28(30,31)10-8-27)25(39)37-26(14-32)5-6-26/h1-4,11-16,32H,5-10H2,(H,36,38)(H,37,39)(H2,33,34,35). The molecule has 0 radical (unpaired) electrons. The molecular formula is C28H27F3N6O3. The predicted molar refractivity (Wildman–Crippen MR) is 145 cm³/mol. The molecule has 0 saturated heterocycles. The van der Waals surface area contributed by atoms with Crippen molar-refractivity contribution in [2.45, 2.75) is 55.5 Å². The normalized spacial score (nSPS) is 19.1. The van der Waals surface area contributed by atoms with Gasteiger partial charge in [-0.2, -0.15) is 0 Å². The molecule has 0 unspecified atom stereocenters. The van der Waals surface area contributed by atoms with Crippen molar-refractivity contribution in [1.82, 2.24) is 10.6 Å². The van der Waals surface area contributed by atoms with E-state index in [-0.39, 0.29) is 24.3 Å². The summed E-state index contributed by atoms with van der Waals surface area (Å²) in [5, 5.41) is 13.6. The van der Waals surface area contributed by atoms with Crippen LogP contribution in [0.25, 0.3) is 22.1 Å². The van der Waals surface area contributed by atoms with Gasteiger partial charge in [0.15, 0.2) is 5.76 Å². The molecule has 0 bridgehead atoms. The van der Waals surface area contributed by atoms with Gasteiger partial charge < -0.3 is 26.2 Å². The topological polar surface area (TPSA) is 146 Å². The van der Waals surface area contributed by atoms with Gasteiger partial charge in [0.05, 0.1) is 11.9 Å². The fourth-order valence-electron chi connectivity index (χ4n) is 4.76. The fraction of sp³-hybridized carbons (Fsp3) is 0.321. The number of nitrogens with zero attached hydrogens (tertiary/aromatic N) is 2. The Kier molecular flexibility index (Phi) is 6.94. The molecule has 5 N–H and O–H groups in total. The van der Waals surface area contributed by atoms with Crippen LogP contribution in [-0.2, 0) is 4.79 Å². The lowest BCUT2D eigenvalue weighted by Gasteiger charge is -2.39.